The maximum Gasteiger partial charge on any atom is 0.320 e. The average molecular weight is 271 g/mol. The van der Waals surface area contributed by atoms with Crippen molar-refractivity contribution in [2.45, 2.75) is 39.3 Å². The molecule has 0 bridgehead atoms. The molecule has 0 aromatic carbocycles. The number of primary amides is 1. The second-order valence-corrected chi connectivity index (χ2v) is 5.14. The first-order valence-electron chi connectivity index (χ1n) is 6.34. The number of hydrogen-bond donors (Lipinski definition) is 2. The predicted octanol–water partition coefficient (Wildman–Crippen LogP) is 0.0971. The van der Waals surface area contributed by atoms with Gasteiger partial charge in [0.15, 0.2) is 0 Å². The Balaban J connectivity index is 2.81. The molecule has 0 spiro atoms. The van der Waals surface area contributed by atoms with Gasteiger partial charge in [-0.25, -0.2) is 4.79 Å². The Morgan fingerprint density at radius 1 is 1.42 bits per heavy atom. The van der Waals surface area contributed by atoms with Gasteiger partial charge in [0.05, 0.1) is 5.92 Å². The Labute approximate surface area is 112 Å². The third-order valence-corrected chi connectivity index (χ3v) is 3.51. The predicted molar refractivity (Wildman–Crippen MR) is 68.3 cm³/mol. The number of nitrogens with zero attached hydrogens (tertiary/aromatic N) is 2. The van der Waals surface area contributed by atoms with Crippen LogP contribution in [0.2, 0.25) is 0 Å². The molecule has 1 aliphatic heterocycles. The van der Waals surface area contributed by atoms with Gasteiger partial charge in [-0.1, -0.05) is 0 Å². The van der Waals surface area contributed by atoms with Gasteiger partial charge in [-0.15, -0.1) is 0 Å². The molecule has 1 rings (SSSR count). The molecule has 0 radical (unpaired) electrons. The number of aliphatic carboxylic acids is 1. The summed E-state index contributed by atoms with van der Waals surface area (Å²) in [6.07, 6.45) is 0.435. The molecule has 1 saturated heterocycles. The standard InChI is InChI=1S/C12H21N3O4/c1-7(2)15(6-10(13)16)12(19)14-5-4-9(8(14)3)11(17)18/h7-9H,4-6H2,1-3H3,(H2,13,16)(H,17,18). The van der Waals surface area contributed by atoms with Crippen LogP contribution in [0.3, 0.4) is 0 Å². The normalized spacial score (nSPS) is 22.6. The van der Waals surface area contributed by atoms with E-state index in [-0.39, 0.29) is 24.7 Å². The zero-order chi connectivity index (χ0) is 14.7. The van der Waals surface area contributed by atoms with E-state index in [2.05, 4.69) is 0 Å². The van der Waals surface area contributed by atoms with Crippen molar-refractivity contribution in [3.63, 3.8) is 0 Å². The first kappa shape index (κ1) is 15.3. The number of amides is 3. The monoisotopic (exact) mass is 271 g/mol. The fourth-order valence-corrected chi connectivity index (χ4v) is 2.34. The maximum absolute atomic E-state index is 12.4. The molecule has 7 heteroatoms. The number of carboxylic acid groups (broad SMARTS) is 1. The Morgan fingerprint density at radius 2 is 2.00 bits per heavy atom. The molecule has 1 heterocycles. The quantitative estimate of drug-likeness (QED) is 0.756. The third-order valence-electron chi connectivity index (χ3n) is 3.51. The van der Waals surface area contributed by atoms with E-state index in [1.807, 2.05) is 0 Å². The van der Waals surface area contributed by atoms with Crippen LogP contribution in [-0.4, -0.2) is 58.0 Å². The highest BCUT2D eigenvalue weighted by Crippen LogP contribution is 2.25. The van der Waals surface area contributed by atoms with Gasteiger partial charge in [-0.3, -0.25) is 9.59 Å². The summed E-state index contributed by atoms with van der Waals surface area (Å²) in [6.45, 7) is 5.52. The van der Waals surface area contributed by atoms with E-state index >= 15 is 0 Å². The van der Waals surface area contributed by atoms with Crippen molar-refractivity contribution in [2.75, 3.05) is 13.1 Å². The van der Waals surface area contributed by atoms with Gasteiger partial charge >= 0.3 is 12.0 Å². The fourth-order valence-electron chi connectivity index (χ4n) is 2.34. The molecule has 2 unspecified atom stereocenters. The van der Waals surface area contributed by atoms with Crippen molar-refractivity contribution in [2.24, 2.45) is 11.7 Å². The van der Waals surface area contributed by atoms with E-state index in [4.69, 9.17) is 10.8 Å². The van der Waals surface area contributed by atoms with Crippen LogP contribution >= 0.6 is 0 Å². The summed E-state index contributed by atoms with van der Waals surface area (Å²) < 4.78 is 0. The first-order valence-corrected chi connectivity index (χ1v) is 6.34. The highest BCUT2D eigenvalue weighted by molar-refractivity contribution is 5.84. The van der Waals surface area contributed by atoms with Crippen molar-refractivity contribution in [3.8, 4) is 0 Å². The molecule has 0 aromatic rings. The lowest BCUT2D eigenvalue weighted by Gasteiger charge is -2.32. The zero-order valence-corrected chi connectivity index (χ0v) is 11.5. The summed E-state index contributed by atoms with van der Waals surface area (Å²) in [5.41, 5.74) is 5.13. The van der Waals surface area contributed by atoms with Crippen molar-refractivity contribution in [3.05, 3.63) is 0 Å². The molecule has 1 fully saturated rings. The highest BCUT2D eigenvalue weighted by atomic mass is 16.4. The molecule has 1 aliphatic rings. The molecule has 2 atom stereocenters. The number of hydrogen-bond acceptors (Lipinski definition) is 3. The van der Waals surface area contributed by atoms with Crippen LogP contribution in [0.5, 0.6) is 0 Å². The fraction of sp³-hybridized carbons (Fsp3) is 0.750. The lowest BCUT2D eigenvalue weighted by atomic mass is 10.0. The van der Waals surface area contributed by atoms with Crippen LogP contribution in [0.1, 0.15) is 27.2 Å². The minimum Gasteiger partial charge on any atom is -0.481 e. The summed E-state index contributed by atoms with van der Waals surface area (Å²) >= 11 is 0. The van der Waals surface area contributed by atoms with Crippen LogP contribution in [0, 0.1) is 5.92 Å². The zero-order valence-electron chi connectivity index (χ0n) is 11.5. The summed E-state index contributed by atoms with van der Waals surface area (Å²) in [5, 5.41) is 9.05. The van der Waals surface area contributed by atoms with Crippen LogP contribution in [0.25, 0.3) is 0 Å². The molecule has 0 saturated carbocycles. The third kappa shape index (κ3) is 3.36. The summed E-state index contributed by atoms with van der Waals surface area (Å²) in [5.74, 6) is -2.02. The summed E-state index contributed by atoms with van der Waals surface area (Å²) in [4.78, 5) is 37.3. The topological polar surface area (TPSA) is 104 Å². The van der Waals surface area contributed by atoms with Gasteiger partial charge in [0, 0.05) is 18.6 Å². The van der Waals surface area contributed by atoms with E-state index in [0.29, 0.717) is 13.0 Å². The lowest BCUT2D eigenvalue weighted by molar-refractivity contribution is -0.142. The minimum atomic E-state index is -0.895. The van der Waals surface area contributed by atoms with Crippen LogP contribution < -0.4 is 5.73 Å². The van der Waals surface area contributed by atoms with Crippen LogP contribution in [0.15, 0.2) is 0 Å². The first-order chi connectivity index (χ1) is 8.75. The van der Waals surface area contributed by atoms with E-state index in [9.17, 15) is 14.4 Å². The van der Waals surface area contributed by atoms with E-state index in [0.717, 1.165) is 0 Å². The maximum atomic E-state index is 12.4. The van der Waals surface area contributed by atoms with Crippen molar-refractivity contribution < 1.29 is 19.5 Å². The molecule has 0 aromatic heterocycles. The highest BCUT2D eigenvalue weighted by Gasteiger charge is 2.40. The number of rotatable bonds is 4. The molecule has 3 amide bonds. The Hall–Kier alpha value is -1.79. The van der Waals surface area contributed by atoms with E-state index in [1.54, 1.807) is 20.8 Å². The number of carbonyl (C=O) groups is 3. The smallest absolute Gasteiger partial charge is 0.320 e. The SMILES string of the molecule is CC(C)N(CC(N)=O)C(=O)N1CCC(C(=O)O)C1C. The van der Waals surface area contributed by atoms with Gasteiger partial charge < -0.3 is 20.6 Å². The summed E-state index contributed by atoms with van der Waals surface area (Å²) in [6, 6.07) is -0.875. The van der Waals surface area contributed by atoms with Gasteiger partial charge in [-0.05, 0) is 27.2 Å². The van der Waals surface area contributed by atoms with Gasteiger partial charge in [0.1, 0.15) is 6.54 Å². The second-order valence-electron chi connectivity index (χ2n) is 5.14. The van der Waals surface area contributed by atoms with Gasteiger partial charge in [0.25, 0.3) is 0 Å². The molecular weight excluding hydrogens is 250 g/mol. The molecular formula is C12H21N3O4. The number of likely N-dealkylation sites (tertiary alicyclic amines) is 1. The molecule has 108 valence electrons. The lowest BCUT2D eigenvalue weighted by Crippen LogP contribution is -2.51. The Bertz CT molecular complexity index is 383. The molecule has 7 nitrogen and oxygen atoms in total. The van der Waals surface area contributed by atoms with E-state index < -0.39 is 17.8 Å². The van der Waals surface area contributed by atoms with Crippen LogP contribution in [0.4, 0.5) is 4.79 Å². The van der Waals surface area contributed by atoms with E-state index in [1.165, 1.54) is 9.80 Å². The largest absolute Gasteiger partial charge is 0.481 e. The van der Waals surface area contributed by atoms with Gasteiger partial charge in [0.2, 0.25) is 5.91 Å². The molecule has 3 N–H and O–H groups in total. The average Bonchev–Trinajstić information content (AvgIpc) is 2.66. The Morgan fingerprint density at radius 3 is 2.37 bits per heavy atom. The van der Waals surface area contributed by atoms with Crippen molar-refractivity contribution in [1.29, 1.82) is 0 Å². The van der Waals surface area contributed by atoms with Crippen LogP contribution in [-0.2, 0) is 9.59 Å². The number of nitrogens with two attached hydrogens (primary N) is 1. The Kier molecular flexibility index (Phi) is 4.74. The van der Waals surface area contributed by atoms with Gasteiger partial charge in [-0.2, -0.15) is 0 Å². The number of urea groups is 1. The molecule has 0 aliphatic carbocycles. The van der Waals surface area contributed by atoms with Crippen molar-refractivity contribution >= 4 is 17.9 Å². The number of carboxylic acids is 1. The van der Waals surface area contributed by atoms with Crippen molar-refractivity contribution in [1.82, 2.24) is 9.80 Å². The second kappa shape index (κ2) is 5.90. The molecule has 19 heavy (non-hydrogen) atoms. The summed E-state index contributed by atoms with van der Waals surface area (Å²) in [7, 11) is 0. The minimum absolute atomic E-state index is 0.155. The number of carbonyl (C=O) groups excluding carboxylic acids is 2.